The molecule has 0 fully saturated rings. The number of aliphatic hydroxyl groups is 1. The third-order valence-electron chi connectivity index (χ3n) is 1.88. The van der Waals surface area contributed by atoms with Crippen LogP contribution < -0.4 is 5.32 Å². The van der Waals surface area contributed by atoms with Crippen LogP contribution in [0.4, 0.5) is 0 Å². The number of aromatic nitrogens is 2. The number of hydrogen-bond donors (Lipinski definition) is 2. The predicted molar refractivity (Wildman–Crippen MR) is 54.4 cm³/mol. The van der Waals surface area contributed by atoms with E-state index in [4.69, 9.17) is 5.11 Å². The minimum absolute atomic E-state index is 0. The highest BCUT2D eigenvalue weighted by molar-refractivity contribution is 5.85. The summed E-state index contributed by atoms with van der Waals surface area (Å²) >= 11 is 0. The van der Waals surface area contributed by atoms with E-state index in [2.05, 4.69) is 10.4 Å². The molecule has 0 bridgehead atoms. The lowest BCUT2D eigenvalue weighted by molar-refractivity contribution is 0.275. The summed E-state index contributed by atoms with van der Waals surface area (Å²) in [5, 5.41) is 16.2. The van der Waals surface area contributed by atoms with Crippen molar-refractivity contribution >= 4 is 24.8 Å². The van der Waals surface area contributed by atoms with Crippen LogP contribution in [-0.2, 0) is 19.7 Å². The molecule has 0 aromatic carbocycles. The Balaban J connectivity index is 0.000000720. The lowest BCUT2D eigenvalue weighted by atomic mass is 10.3. The maximum atomic E-state index is 8.79. The van der Waals surface area contributed by atoms with Gasteiger partial charge in [0.05, 0.1) is 24.5 Å². The quantitative estimate of drug-likeness (QED) is 0.725. The second kappa shape index (κ2) is 5.44. The van der Waals surface area contributed by atoms with Gasteiger partial charge in [-0.25, -0.2) is 0 Å². The molecule has 0 saturated carbocycles. The van der Waals surface area contributed by atoms with E-state index in [0.717, 1.165) is 25.3 Å². The zero-order valence-electron chi connectivity index (χ0n) is 7.06. The Hall–Kier alpha value is -0.290. The van der Waals surface area contributed by atoms with E-state index < -0.39 is 0 Å². The van der Waals surface area contributed by atoms with Gasteiger partial charge in [0, 0.05) is 13.1 Å². The van der Waals surface area contributed by atoms with Crippen LogP contribution in [0.5, 0.6) is 0 Å². The van der Waals surface area contributed by atoms with Crippen LogP contribution in [-0.4, -0.2) is 21.4 Å². The zero-order chi connectivity index (χ0) is 7.68. The average molecular weight is 226 g/mol. The topological polar surface area (TPSA) is 50.1 Å². The van der Waals surface area contributed by atoms with E-state index in [-0.39, 0.29) is 31.4 Å². The molecule has 13 heavy (non-hydrogen) atoms. The fourth-order valence-electron chi connectivity index (χ4n) is 1.33. The molecule has 1 aromatic rings. The van der Waals surface area contributed by atoms with Crippen molar-refractivity contribution in [1.82, 2.24) is 15.1 Å². The van der Waals surface area contributed by atoms with Gasteiger partial charge in [-0.1, -0.05) is 0 Å². The number of aliphatic hydroxyl groups excluding tert-OH is 1. The molecule has 1 aliphatic rings. The highest BCUT2D eigenvalue weighted by Crippen LogP contribution is 2.06. The van der Waals surface area contributed by atoms with E-state index in [9.17, 15) is 0 Å². The van der Waals surface area contributed by atoms with Crippen molar-refractivity contribution in [1.29, 1.82) is 0 Å². The summed E-state index contributed by atoms with van der Waals surface area (Å²) in [5.41, 5.74) is 1.93. The molecule has 2 heterocycles. The molecule has 76 valence electrons. The third kappa shape index (κ3) is 2.57. The van der Waals surface area contributed by atoms with Gasteiger partial charge in [0.2, 0.25) is 0 Å². The van der Waals surface area contributed by atoms with E-state index in [1.165, 1.54) is 5.69 Å². The molecule has 0 amide bonds. The molecular formula is C7H13Cl2N3O. The first-order valence-corrected chi connectivity index (χ1v) is 3.77. The van der Waals surface area contributed by atoms with Crippen molar-refractivity contribution in [3.63, 3.8) is 0 Å². The van der Waals surface area contributed by atoms with Gasteiger partial charge in [-0.2, -0.15) is 5.10 Å². The van der Waals surface area contributed by atoms with Gasteiger partial charge >= 0.3 is 0 Å². The Bertz CT molecular complexity index is 241. The summed E-state index contributed by atoms with van der Waals surface area (Å²) in [4.78, 5) is 0. The largest absolute Gasteiger partial charge is 0.390 e. The standard InChI is InChI=1S/C7H11N3O.2ClH/c11-5-6-3-7-4-8-1-2-10(7)9-6;;/h3,8,11H,1-2,4-5H2;2*1H. The first-order chi connectivity index (χ1) is 5.40. The van der Waals surface area contributed by atoms with Crippen molar-refractivity contribution in [2.45, 2.75) is 19.7 Å². The SMILES string of the molecule is Cl.Cl.OCc1cc2n(n1)CCNC2. The Morgan fingerprint density at radius 3 is 2.92 bits per heavy atom. The minimum Gasteiger partial charge on any atom is -0.390 e. The molecule has 0 spiro atoms. The van der Waals surface area contributed by atoms with E-state index >= 15 is 0 Å². The lowest BCUT2D eigenvalue weighted by Gasteiger charge is -2.13. The Labute approximate surface area is 89.1 Å². The Morgan fingerprint density at radius 1 is 1.54 bits per heavy atom. The molecule has 2 rings (SSSR count). The second-order valence-electron chi connectivity index (χ2n) is 2.69. The van der Waals surface area contributed by atoms with Crippen molar-refractivity contribution in [2.75, 3.05) is 6.54 Å². The molecule has 0 unspecified atom stereocenters. The first kappa shape index (κ1) is 12.7. The van der Waals surface area contributed by atoms with Gasteiger partial charge in [-0.05, 0) is 6.07 Å². The van der Waals surface area contributed by atoms with Gasteiger partial charge in [0.1, 0.15) is 0 Å². The van der Waals surface area contributed by atoms with Crippen LogP contribution in [0, 0.1) is 0 Å². The van der Waals surface area contributed by atoms with Gasteiger partial charge in [-0.3, -0.25) is 4.68 Å². The molecule has 0 saturated heterocycles. The fourth-order valence-corrected chi connectivity index (χ4v) is 1.33. The van der Waals surface area contributed by atoms with Crippen LogP contribution in [0.1, 0.15) is 11.4 Å². The monoisotopic (exact) mass is 225 g/mol. The molecule has 0 aliphatic carbocycles. The van der Waals surface area contributed by atoms with E-state index in [1.807, 2.05) is 10.7 Å². The van der Waals surface area contributed by atoms with Crippen LogP contribution in [0.25, 0.3) is 0 Å². The molecular weight excluding hydrogens is 213 g/mol. The summed E-state index contributed by atoms with van der Waals surface area (Å²) < 4.78 is 1.95. The normalized spacial score (nSPS) is 13.9. The maximum absolute atomic E-state index is 8.79. The molecule has 1 aromatic heterocycles. The number of nitrogens with zero attached hydrogens (tertiary/aromatic N) is 2. The van der Waals surface area contributed by atoms with Crippen LogP contribution in [0.3, 0.4) is 0 Å². The summed E-state index contributed by atoms with van der Waals surface area (Å²) in [6, 6.07) is 1.94. The average Bonchev–Trinajstić information content (AvgIpc) is 2.46. The molecule has 4 nitrogen and oxygen atoms in total. The lowest BCUT2D eigenvalue weighted by Crippen LogP contribution is -2.28. The van der Waals surface area contributed by atoms with Crippen molar-refractivity contribution in [2.24, 2.45) is 0 Å². The molecule has 1 aliphatic heterocycles. The van der Waals surface area contributed by atoms with Crippen LogP contribution >= 0.6 is 24.8 Å². The molecule has 0 radical (unpaired) electrons. The zero-order valence-corrected chi connectivity index (χ0v) is 8.70. The second-order valence-corrected chi connectivity index (χ2v) is 2.69. The minimum atomic E-state index is 0. The number of fused-ring (bicyclic) bond motifs is 1. The van der Waals surface area contributed by atoms with Crippen molar-refractivity contribution in [3.8, 4) is 0 Å². The van der Waals surface area contributed by atoms with Crippen molar-refractivity contribution < 1.29 is 5.11 Å². The van der Waals surface area contributed by atoms with Crippen LogP contribution in [0.15, 0.2) is 6.07 Å². The number of nitrogens with one attached hydrogen (secondary N) is 1. The van der Waals surface area contributed by atoms with Gasteiger partial charge in [0.25, 0.3) is 0 Å². The fraction of sp³-hybridized carbons (Fsp3) is 0.571. The van der Waals surface area contributed by atoms with Gasteiger partial charge in [-0.15, -0.1) is 24.8 Å². The van der Waals surface area contributed by atoms with E-state index in [1.54, 1.807) is 0 Å². The maximum Gasteiger partial charge on any atom is 0.0882 e. The van der Waals surface area contributed by atoms with Gasteiger partial charge in [0.15, 0.2) is 0 Å². The molecule has 0 atom stereocenters. The first-order valence-electron chi connectivity index (χ1n) is 3.77. The number of rotatable bonds is 1. The van der Waals surface area contributed by atoms with Gasteiger partial charge < -0.3 is 10.4 Å². The Kier molecular flexibility index (Phi) is 5.32. The smallest absolute Gasteiger partial charge is 0.0882 e. The van der Waals surface area contributed by atoms with Crippen molar-refractivity contribution in [3.05, 3.63) is 17.5 Å². The molecule has 6 heteroatoms. The summed E-state index contributed by atoms with van der Waals surface area (Å²) in [7, 11) is 0. The third-order valence-corrected chi connectivity index (χ3v) is 1.88. The summed E-state index contributed by atoms with van der Waals surface area (Å²) in [5.74, 6) is 0. The molecule has 2 N–H and O–H groups in total. The summed E-state index contributed by atoms with van der Waals surface area (Å²) in [6.07, 6.45) is 0. The highest BCUT2D eigenvalue weighted by atomic mass is 35.5. The van der Waals surface area contributed by atoms with Crippen LogP contribution in [0.2, 0.25) is 0 Å². The Morgan fingerprint density at radius 2 is 2.31 bits per heavy atom. The highest BCUT2D eigenvalue weighted by Gasteiger charge is 2.09. The number of halogens is 2. The number of hydrogen-bond acceptors (Lipinski definition) is 3. The summed E-state index contributed by atoms with van der Waals surface area (Å²) in [6.45, 7) is 2.79. The predicted octanol–water partition coefficient (Wildman–Crippen LogP) is 0.322. The van der Waals surface area contributed by atoms with E-state index in [0.29, 0.717) is 0 Å².